The first-order valence-corrected chi connectivity index (χ1v) is 7.61. The van der Waals surface area contributed by atoms with E-state index in [1.165, 1.54) is 0 Å². The summed E-state index contributed by atoms with van der Waals surface area (Å²) in [5, 5.41) is 10.7. The molecule has 3 amide bonds. The van der Waals surface area contributed by atoms with Crippen molar-refractivity contribution >= 4 is 11.9 Å². The summed E-state index contributed by atoms with van der Waals surface area (Å²) in [5.74, 6) is -0.591. The molecule has 8 heteroatoms. The molecule has 3 N–H and O–H groups in total. The molecular weight excluding hydrogens is 284 g/mol. The Hall–Kier alpha value is -2.12. The number of nitrogens with two attached hydrogens (primary N) is 1. The van der Waals surface area contributed by atoms with Crippen molar-refractivity contribution in [2.45, 2.75) is 45.2 Å². The van der Waals surface area contributed by atoms with E-state index < -0.39 is 5.91 Å². The predicted octanol–water partition coefficient (Wildman–Crippen LogP) is 0.522. The Bertz CT molecular complexity index is 588. The molecule has 22 heavy (non-hydrogen) atoms. The van der Waals surface area contributed by atoms with E-state index in [0.717, 1.165) is 19.3 Å². The van der Waals surface area contributed by atoms with Gasteiger partial charge in [-0.3, -0.25) is 4.79 Å². The topological polar surface area (TPSA) is 106 Å². The van der Waals surface area contributed by atoms with Crippen molar-refractivity contribution in [3.63, 3.8) is 0 Å². The first kappa shape index (κ1) is 14.8. The van der Waals surface area contributed by atoms with Gasteiger partial charge in [0.2, 0.25) is 0 Å². The van der Waals surface area contributed by atoms with E-state index in [0.29, 0.717) is 18.5 Å². The van der Waals surface area contributed by atoms with Gasteiger partial charge in [0.05, 0.1) is 12.2 Å². The largest absolute Gasteiger partial charge is 0.364 e. The highest BCUT2D eigenvalue weighted by Crippen LogP contribution is 2.39. The third-order valence-electron chi connectivity index (χ3n) is 4.51. The second kappa shape index (κ2) is 5.26. The van der Waals surface area contributed by atoms with Gasteiger partial charge in [0, 0.05) is 19.1 Å². The summed E-state index contributed by atoms with van der Waals surface area (Å²) < 4.78 is 1.62. The maximum absolute atomic E-state index is 12.2. The first-order chi connectivity index (χ1) is 10.3. The second-order valence-electron chi connectivity index (χ2n) is 7.06. The quantitative estimate of drug-likeness (QED) is 0.849. The average Bonchev–Trinajstić information content (AvgIpc) is 3.05. The number of nitrogens with one attached hydrogen (secondary N) is 1. The van der Waals surface area contributed by atoms with Crippen LogP contribution in [0.3, 0.4) is 0 Å². The van der Waals surface area contributed by atoms with Gasteiger partial charge < -0.3 is 16.0 Å². The molecule has 1 atom stereocenters. The lowest BCUT2D eigenvalue weighted by atomic mass is 9.68. The number of carbonyl (C=O) groups is 2. The number of amides is 3. The molecule has 1 aromatic heterocycles. The zero-order chi connectivity index (χ0) is 15.9. The van der Waals surface area contributed by atoms with Crippen molar-refractivity contribution in [3.05, 3.63) is 11.9 Å². The molecule has 8 nitrogen and oxygen atoms in total. The van der Waals surface area contributed by atoms with E-state index >= 15 is 0 Å². The summed E-state index contributed by atoms with van der Waals surface area (Å²) in [6, 6.07) is 0.316. The average molecular weight is 306 g/mol. The molecule has 1 saturated heterocycles. The van der Waals surface area contributed by atoms with Crippen LogP contribution >= 0.6 is 0 Å². The van der Waals surface area contributed by atoms with Crippen LogP contribution in [-0.4, -0.2) is 51.0 Å². The van der Waals surface area contributed by atoms with Crippen LogP contribution in [0.1, 0.15) is 49.6 Å². The highest BCUT2D eigenvalue weighted by Gasteiger charge is 2.38. The van der Waals surface area contributed by atoms with Crippen molar-refractivity contribution in [1.29, 1.82) is 0 Å². The Morgan fingerprint density at radius 1 is 1.41 bits per heavy atom. The molecule has 0 aromatic carbocycles. The minimum absolute atomic E-state index is 0.0155. The molecule has 0 bridgehead atoms. The van der Waals surface area contributed by atoms with E-state index in [-0.39, 0.29) is 23.8 Å². The van der Waals surface area contributed by atoms with Crippen LogP contribution in [-0.2, 0) is 0 Å². The van der Waals surface area contributed by atoms with Gasteiger partial charge in [0.15, 0.2) is 5.69 Å². The molecule has 0 spiro atoms. The van der Waals surface area contributed by atoms with Crippen molar-refractivity contribution < 1.29 is 9.59 Å². The van der Waals surface area contributed by atoms with Gasteiger partial charge >= 0.3 is 6.03 Å². The zero-order valence-electron chi connectivity index (χ0n) is 13.0. The Morgan fingerprint density at radius 2 is 2.14 bits per heavy atom. The van der Waals surface area contributed by atoms with Crippen molar-refractivity contribution in [1.82, 2.24) is 25.2 Å². The van der Waals surface area contributed by atoms with Gasteiger partial charge in [-0.25, -0.2) is 9.48 Å². The molecule has 1 aliphatic carbocycles. The number of urea groups is 1. The molecule has 2 aliphatic rings. The summed E-state index contributed by atoms with van der Waals surface area (Å²) >= 11 is 0. The summed E-state index contributed by atoms with van der Waals surface area (Å²) in [6.07, 6.45) is 4.40. The molecular formula is C14H22N6O2. The van der Waals surface area contributed by atoms with Gasteiger partial charge in [-0.1, -0.05) is 19.1 Å². The SMILES string of the molecule is CC1(C)CC(NC(=O)N2CCC(n3cc(C(N)=O)nn3)C2)C1. The Kier molecular flexibility index (Phi) is 3.54. The van der Waals surface area contributed by atoms with Crippen LogP contribution in [0.4, 0.5) is 4.79 Å². The normalized spacial score (nSPS) is 24.1. The van der Waals surface area contributed by atoms with Gasteiger partial charge in [-0.05, 0) is 24.7 Å². The number of carbonyl (C=O) groups excluding carboxylic acids is 2. The Labute approximate surface area is 129 Å². The molecule has 1 aliphatic heterocycles. The first-order valence-electron chi connectivity index (χ1n) is 7.61. The monoisotopic (exact) mass is 306 g/mol. The maximum atomic E-state index is 12.2. The lowest BCUT2D eigenvalue weighted by Gasteiger charge is -2.43. The molecule has 3 rings (SSSR count). The third-order valence-corrected chi connectivity index (χ3v) is 4.51. The molecule has 0 radical (unpaired) electrons. The smallest absolute Gasteiger partial charge is 0.317 e. The van der Waals surface area contributed by atoms with Crippen LogP contribution in [0.2, 0.25) is 0 Å². The molecule has 1 unspecified atom stereocenters. The Balaban J connectivity index is 1.53. The summed E-state index contributed by atoms with van der Waals surface area (Å²) in [5.41, 5.74) is 5.67. The van der Waals surface area contributed by atoms with Crippen LogP contribution in [0.25, 0.3) is 0 Å². The number of rotatable bonds is 3. The maximum Gasteiger partial charge on any atom is 0.317 e. The lowest BCUT2D eigenvalue weighted by molar-refractivity contribution is 0.0995. The summed E-state index contributed by atoms with van der Waals surface area (Å²) in [6.45, 7) is 5.67. The molecule has 2 heterocycles. The van der Waals surface area contributed by atoms with Crippen LogP contribution in [0.5, 0.6) is 0 Å². The van der Waals surface area contributed by atoms with Gasteiger partial charge in [0.1, 0.15) is 0 Å². The molecule has 1 saturated carbocycles. The number of nitrogens with zero attached hydrogens (tertiary/aromatic N) is 4. The molecule has 1 aromatic rings. The number of primary amides is 1. The zero-order valence-corrected chi connectivity index (χ0v) is 13.0. The van der Waals surface area contributed by atoms with E-state index in [1.54, 1.807) is 15.8 Å². The van der Waals surface area contributed by atoms with Gasteiger partial charge in [0.25, 0.3) is 5.91 Å². The Morgan fingerprint density at radius 3 is 2.73 bits per heavy atom. The number of hydrogen-bond acceptors (Lipinski definition) is 4. The minimum atomic E-state index is -0.591. The summed E-state index contributed by atoms with van der Waals surface area (Å²) in [7, 11) is 0. The minimum Gasteiger partial charge on any atom is -0.364 e. The third kappa shape index (κ3) is 2.90. The van der Waals surface area contributed by atoms with Crippen LogP contribution in [0, 0.1) is 5.41 Å². The number of likely N-dealkylation sites (tertiary alicyclic amines) is 1. The predicted molar refractivity (Wildman–Crippen MR) is 79.1 cm³/mol. The van der Waals surface area contributed by atoms with Crippen molar-refractivity contribution in [2.75, 3.05) is 13.1 Å². The highest BCUT2D eigenvalue weighted by atomic mass is 16.2. The van der Waals surface area contributed by atoms with Crippen LogP contribution < -0.4 is 11.1 Å². The fourth-order valence-electron chi connectivity index (χ4n) is 3.35. The number of aromatic nitrogens is 3. The van der Waals surface area contributed by atoms with Crippen molar-refractivity contribution in [2.24, 2.45) is 11.1 Å². The fraction of sp³-hybridized carbons (Fsp3) is 0.714. The van der Waals surface area contributed by atoms with Gasteiger partial charge in [-0.2, -0.15) is 0 Å². The number of hydrogen-bond donors (Lipinski definition) is 2. The van der Waals surface area contributed by atoms with Gasteiger partial charge in [-0.15, -0.1) is 5.10 Å². The molecule has 2 fully saturated rings. The van der Waals surface area contributed by atoms with Crippen LogP contribution in [0.15, 0.2) is 6.20 Å². The second-order valence-corrected chi connectivity index (χ2v) is 7.06. The van der Waals surface area contributed by atoms with E-state index in [9.17, 15) is 9.59 Å². The lowest BCUT2D eigenvalue weighted by Crippen LogP contribution is -2.51. The van der Waals surface area contributed by atoms with Crippen molar-refractivity contribution in [3.8, 4) is 0 Å². The fourth-order valence-corrected chi connectivity index (χ4v) is 3.35. The standard InChI is InChI=1S/C14H22N6O2/c1-14(2)5-9(6-14)16-13(22)19-4-3-10(7-19)20-8-11(12(15)21)17-18-20/h8-10H,3-7H2,1-2H3,(H2,15,21)(H,16,22). The van der Waals surface area contributed by atoms with E-state index in [1.807, 2.05) is 0 Å². The molecule has 120 valence electrons. The highest BCUT2D eigenvalue weighted by molar-refractivity contribution is 5.90. The summed E-state index contributed by atoms with van der Waals surface area (Å²) in [4.78, 5) is 25.1. The van der Waals surface area contributed by atoms with E-state index in [4.69, 9.17) is 5.73 Å². The van der Waals surface area contributed by atoms with E-state index in [2.05, 4.69) is 29.5 Å².